The van der Waals surface area contributed by atoms with Crippen molar-refractivity contribution in [3.8, 4) is 0 Å². The fourth-order valence-corrected chi connectivity index (χ4v) is 2.43. The molecule has 2 unspecified atom stereocenters. The van der Waals surface area contributed by atoms with Crippen LogP contribution >= 0.6 is 0 Å². The van der Waals surface area contributed by atoms with Gasteiger partial charge in [0.15, 0.2) is 0 Å². The lowest BCUT2D eigenvalue weighted by molar-refractivity contribution is -0.142. The number of carbonyl (C=O) groups excluding carboxylic acids is 1. The number of nitrogens with zero attached hydrogens (tertiary/aromatic N) is 1. The van der Waals surface area contributed by atoms with E-state index in [1.54, 1.807) is 7.11 Å². The van der Waals surface area contributed by atoms with Gasteiger partial charge in [0, 0.05) is 13.7 Å². The first-order chi connectivity index (χ1) is 9.47. The number of urea groups is 1. The van der Waals surface area contributed by atoms with Crippen LogP contribution in [0.2, 0.25) is 0 Å². The van der Waals surface area contributed by atoms with Crippen LogP contribution in [0.3, 0.4) is 0 Å². The highest BCUT2D eigenvalue weighted by atomic mass is 16.5. The van der Waals surface area contributed by atoms with Crippen molar-refractivity contribution in [1.82, 2.24) is 10.2 Å². The number of nitrogens with one attached hydrogen (secondary N) is 1. The van der Waals surface area contributed by atoms with Gasteiger partial charge in [0.1, 0.15) is 6.04 Å². The quantitative estimate of drug-likeness (QED) is 0.806. The highest BCUT2D eigenvalue weighted by Crippen LogP contribution is 2.17. The first kappa shape index (κ1) is 16.8. The molecule has 1 heterocycles. The summed E-state index contributed by atoms with van der Waals surface area (Å²) in [5.74, 6) is -0.691. The van der Waals surface area contributed by atoms with Gasteiger partial charge in [0.2, 0.25) is 0 Å². The van der Waals surface area contributed by atoms with Crippen molar-refractivity contribution < 1.29 is 19.4 Å². The zero-order chi connectivity index (χ0) is 15.1. The fraction of sp³-hybridized carbons (Fsp3) is 0.857. The van der Waals surface area contributed by atoms with Crippen LogP contribution in [0.25, 0.3) is 0 Å². The van der Waals surface area contributed by atoms with Crippen molar-refractivity contribution >= 4 is 12.0 Å². The molecule has 1 fully saturated rings. The van der Waals surface area contributed by atoms with Gasteiger partial charge in [-0.1, -0.05) is 26.7 Å². The number of aliphatic carboxylic acids is 1. The van der Waals surface area contributed by atoms with Gasteiger partial charge in [-0.25, -0.2) is 9.59 Å². The SMILES string of the molecule is COCC(NC(=O)N1CCCCCC1C(=O)O)C(C)C. The molecule has 1 aliphatic heterocycles. The van der Waals surface area contributed by atoms with Crippen LogP contribution in [0.1, 0.15) is 39.5 Å². The number of rotatable bonds is 5. The Hall–Kier alpha value is -1.30. The summed E-state index contributed by atoms with van der Waals surface area (Å²) in [6.45, 7) is 4.93. The molecule has 0 radical (unpaired) electrons. The van der Waals surface area contributed by atoms with Crippen molar-refractivity contribution in [2.45, 2.75) is 51.6 Å². The molecule has 1 rings (SSSR count). The average Bonchev–Trinajstić information content (AvgIpc) is 2.63. The molecule has 0 saturated carbocycles. The number of hydrogen-bond acceptors (Lipinski definition) is 3. The molecular formula is C14H26N2O4. The third-order valence-corrected chi connectivity index (χ3v) is 3.76. The second-order valence-electron chi connectivity index (χ2n) is 5.65. The van der Waals surface area contributed by atoms with Crippen molar-refractivity contribution in [2.75, 3.05) is 20.3 Å². The van der Waals surface area contributed by atoms with Crippen molar-refractivity contribution in [3.05, 3.63) is 0 Å². The monoisotopic (exact) mass is 286 g/mol. The normalized spacial score (nSPS) is 21.4. The maximum absolute atomic E-state index is 12.4. The summed E-state index contributed by atoms with van der Waals surface area (Å²) in [5, 5.41) is 12.2. The maximum Gasteiger partial charge on any atom is 0.326 e. The Morgan fingerprint density at radius 1 is 1.35 bits per heavy atom. The summed E-state index contributed by atoms with van der Waals surface area (Å²) < 4.78 is 5.10. The van der Waals surface area contributed by atoms with E-state index in [2.05, 4.69) is 5.32 Å². The Kier molecular flexibility index (Phi) is 6.78. The largest absolute Gasteiger partial charge is 0.480 e. The van der Waals surface area contributed by atoms with E-state index >= 15 is 0 Å². The highest BCUT2D eigenvalue weighted by Gasteiger charge is 2.32. The lowest BCUT2D eigenvalue weighted by Crippen LogP contribution is -2.53. The topological polar surface area (TPSA) is 78.9 Å². The van der Waals surface area contributed by atoms with E-state index in [1.807, 2.05) is 13.8 Å². The summed E-state index contributed by atoms with van der Waals surface area (Å²) in [7, 11) is 1.59. The van der Waals surface area contributed by atoms with Crippen LogP contribution in [-0.2, 0) is 9.53 Å². The van der Waals surface area contributed by atoms with Gasteiger partial charge in [0.05, 0.1) is 12.6 Å². The van der Waals surface area contributed by atoms with Gasteiger partial charge in [0.25, 0.3) is 0 Å². The third kappa shape index (κ3) is 4.67. The van der Waals surface area contributed by atoms with Crippen molar-refractivity contribution in [1.29, 1.82) is 0 Å². The van der Waals surface area contributed by atoms with Gasteiger partial charge in [-0.05, 0) is 18.8 Å². The van der Waals surface area contributed by atoms with Crippen LogP contribution in [0.4, 0.5) is 4.79 Å². The van der Waals surface area contributed by atoms with Crippen molar-refractivity contribution in [2.24, 2.45) is 5.92 Å². The van der Waals surface area contributed by atoms with Crippen molar-refractivity contribution in [3.63, 3.8) is 0 Å². The minimum absolute atomic E-state index is 0.106. The molecule has 1 saturated heterocycles. The maximum atomic E-state index is 12.4. The number of carboxylic acid groups (broad SMARTS) is 1. The van der Waals surface area contributed by atoms with Crippen LogP contribution in [0, 0.1) is 5.92 Å². The van der Waals surface area contributed by atoms with E-state index < -0.39 is 12.0 Å². The molecule has 0 aromatic carbocycles. The number of carbonyl (C=O) groups is 2. The Balaban J connectivity index is 2.72. The van der Waals surface area contributed by atoms with E-state index in [4.69, 9.17) is 4.74 Å². The molecule has 0 aromatic heterocycles. The van der Waals surface area contributed by atoms with Gasteiger partial charge in [-0.3, -0.25) is 0 Å². The molecule has 2 atom stereocenters. The van der Waals surface area contributed by atoms with Gasteiger partial charge in [-0.15, -0.1) is 0 Å². The minimum atomic E-state index is -0.921. The number of ether oxygens (including phenoxy) is 1. The first-order valence-corrected chi connectivity index (χ1v) is 7.26. The molecular weight excluding hydrogens is 260 g/mol. The summed E-state index contributed by atoms with van der Waals surface area (Å²) in [4.78, 5) is 25.1. The predicted molar refractivity (Wildman–Crippen MR) is 75.6 cm³/mol. The van der Waals surface area contributed by atoms with Crippen LogP contribution in [0.5, 0.6) is 0 Å². The van der Waals surface area contributed by atoms with E-state index in [0.29, 0.717) is 19.6 Å². The molecule has 0 aliphatic carbocycles. The molecule has 0 spiro atoms. The van der Waals surface area contributed by atoms with E-state index in [1.165, 1.54) is 4.90 Å². The Morgan fingerprint density at radius 3 is 2.60 bits per heavy atom. The lowest BCUT2D eigenvalue weighted by atomic mass is 10.1. The molecule has 2 N–H and O–H groups in total. The number of amides is 2. The predicted octanol–water partition coefficient (Wildman–Crippen LogP) is 1.70. The lowest BCUT2D eigenvalue weighted by Gasteiger charge is -2.30. The Labute approximate surface area is 120 Å². The number of carboxylic acids is 1. The summed E-state index contributed by atoms with van der Waals surface area (Å²) in [5.41, 5.74) is 0. The summed E-state index contributed by atoms with van der Waals surface area (Å²) in [6.07, 6.45) is 3.21. The highest BCUT2D eigenvalue weighted by molar-refractivity contribution is 5.82. The van der Waals surface area contributed by atoms with Gasteiger partial charge in [-0.2, -0.15) is 0 Å². The molecule has 6 heteroatoms. The van der Waals surface area contributed by atoms with Gasteiger partial charge >= 0.3 is 12.0 Å². The minimum Gasteiger partial charge on any atom is -0.480 e. The van der Waals surface area contributed by atoms with Crippen LogP contribution < -0.4 is 5.32 Å². The second-order valence-corrected chi connectivity index (χ2v) is 5.65. The fourth-order valence-electron chi connectivity index (χ4n) is 2.43. The van der Waals surface area contributed by atoms with E-state index in [9.17, 15) is 14.7 Å². The number of methoxy groups -OCH3 is 1. The molecule has 6 nitrogen and oxygen atoms in total. The zero-order valence-corrected chi connectivity index (χ0v) is 12.6. The van der Waals surface area contributed by atoms with Crippen LogP contribution in [0.15, 0.2) is 0 Å². The standard InChI is InChI=1S/C14H26N2O4/c1-10(2)11(9-20-3)15-14(19)16-8-6-4-5-7-12(16)13(17)18/h10-12H,4-9H2,1-3H3,(H,15,19)(H,17,18). The molecule has 116 valence electrons. The van der Waals surface area contributed by atoms with Gasteiger partial charge < -0.3 is 20.1 Å². The molecule has 0 bridgehead atoms. The second kappa shape index (κ2) is 8.09. The molecule has 2 amide bonds. The summed E-state index contributed by atoms with van der Waals surface area (Å²) in [6, 6.07) is -1.12. The zero-order valence-electron chi connectivity index (χ0n) is 12.6. The average molecular weight is 286 g/mol. The Morgan fingerprint density at radius 2 is 2.05 bits per heavy atom. The summed E-state index contributed by atoms with van der Waals surface area (Å²) >= 11 is 0. The Bertz CT molecular complexity index is 333. The molecule has 0 aromatic rings. The molecule has 20 heavy (non-hydrogen) atoms. The first-order valence-electron chi connectivity index (χ1n) is 7.26. The smallest absolute Gasteiger partial charge is 0.326 e. The number of hydrogen-bond donors (Lipinski definition) is 2. The van der Waals surface area contributed by atoms with E-state index in [-0.39, 0.29) is 18.0 Å². The number of likely N-dealkylation sites (tertiary alicyclic amines) is 1. The van der Waals surface area contributed by atoms with Crippen LogP contribution in [-0.4, -0.2) is 54.4 Å². The molecule has 1 aliphatic rings. The third-order valence-electron chi connectivity index (χ3n) is 3.76. The van der Waals surface area contributed by atoms with E-state index in [0.717, 1.165) is 19.3 Å².